The Morgan fingerprint density at radius 2 is 1.83 bits per heavy atom. The Bertz CT molecular complexity index is 433. The Morgan fingerprint density at radius 3 is 2.33 bits per heavy atom. The number of methoxy groups -OCH3 is 1. The summed E-state index contributed by atoms with van der Waals surface area (Å²) in [4.78, 5) is 0. The molecule has 1 aliphatic carbocycles. The zero-order chi connectivity index (χ0) is 13.2. The van der Waals surface area contributed by atoms with Crippen molar-refractivity contribution in [3.05, 3.63) is 21.1 Å². The van der Waals surface area contributed by atoms with E-state index in [0.717, 1.165) is 39.7 Å². The highest BCUT2D eigenvalue weighted by Crippen LogP contribution is 2.43. The Hall–Kier alpha value is -0.260. The molecule has 0 heterocycles. The minimum atomic E-state index is -0.0642. The van der Waals surface area contributed by atoms with E-state index >= 15 is 0 Å². The molecule has 3 nitrogen and oxygen atoms in total. The number of hydrogen-bond donors (Lipinski definition) is 1. The Kier molecular flexibility index (Phi) is 4.56. The van der Waals surface area contributed by atoms with E-state index in [2.05, 4.69) is 31.9 Å². The molecule has 2 rings (SSSR count). The predicted molar refractivity (Wildman–Crippen MR) is 79.3 cm³/mol. The largest absolute Gasteiger partial charge is 0.496 e. The molecule has 1 fully saturated rings. The van der Waals surface area contributed by atoms with Gasteiger partial charge in [-0.2, -0.15) is 0 Å². The average molecular weight is 379 g/mol. The van der Waals surface area contributed by atoms with Gasteiger partial charge in [-0.15, -0.1) is 0 Å². The Balaban J connectivity index is 2.21. The van der Waals surface area contributed by atoms with Crippen molar-refractivity contribution in [3.8, 4) is 11.5 Å². The molecule has 0 unspecified atom stereocenters. The topological polar surface area (TPSA) is 44.5 Å². The molecule has 0 saturated heterocycles. The van der Waals surface area contributed by atoms with Crippen molar-refractivity contribution in [3.63, 3.8) is 0 Å². The van der Waals surface area contributed by atoms with Gasteiger partial charge in [0.1, 0.15) is 17.1 Å². The van der Waals surface area contributed by atoms with Crippen LogP contribution >= 0.6 is 31.9 Å². The summed E-state index contributed by atoms with van der Waals surface area (Å²) in [6.07, 6.45) is 4.29. The van der Waals surface area contributed by atoms with E-state index in [9.17, 15) is 0 Å². The van der Waals surface area contributed by atoms with Crippen LogP contribution in [-0.2, 0) is 0 Å². The lowest BCUT2D eigenvalue weighted by atomic mass is 9.77. The monoisotopic (exact) mass is 377 g/mol. The lowest BCUT2D eigenvalue weighted by Gasteiger charge is -2.42. The fourth-order valence-electron chi connectivity index (χ4n) is 2.22. The lowest BCUT2D eigenvalue weighted by molar-refractivity contribution is -0.0132. The number of ether oxygens (including phenoxy) is 2. The van der Waals surface area contributed by atoms with Gasteiger partial charge in [-0.1, -0.05) is 0 Å². The molecular weight excluding hydrogens is 362 g/mol. The molecule has 1 aliphatic rings. The van der Waals surface area contributed by atoms with Gasteiger partial charge < -0.3 is 15.2 Å². The zero-order valence-electron chi connectivity index (χ0n) is 10.3. The smallest absolute Gasteiger partial charge is 0.135 e. The van der Waals surface area contributed by atoms with E-state index in [0.29, 0.717) is 6.54 Å². The minimum absolute atomic E-state index is 0.0642. The van der Waals surface area contributed by atoms with Gasteiger partial charge in [0, 0.05) is 0 Å². The highest BCUT2D eigenvalue weighted by molar-refractivity contribution is 9.11. The molecule has 0 spiro atoms. The number of halogens is 2. The number of hydrogen-bond acceptors (Lipinski definition) is 3. The van der Waals surface area contributed by atoms with Gasteiger partial charge in [-0.25, -0.2) is 0 Å². The Labute approximate surface area is 124 Å². The molecule has 2 N–H and O–H groups in total. The van der Waals surface area contributed by atoms with Crippen LogP contribution in [-0.4, -0.2) is 19.3 Å². The van der Waals surface area contributed by atoms with Gasteiger partial charge in [0.05, 0.1) is 16.1 Å². The van der Waals surface area contributed by atoms with Crippen molar-refractivity contribution in [2.24, 2.45) is 5.73 Å². The summed E-state index contributed by atoms with van der Waals surface area (Å²) in [5, 5.41) is 0. The van der Waals surface area contributed by atoms with Crippen molar-refractivity contribution < 1.29 is 9.47 Å². The van der Waals surface area contributed by atoms with E-state index in [1.807, 2.05) is 12.1 Å². The normalized spacial score (nSPS) is 17.1. The molecule has 0 bridgehead atoms. The highest BCUT2D eigenvalue weighted by atomic mass is 79.9. The van der Waals surface area contributed by atoms with E-state index in [-0.39, 0.29) is 5.60 Å². The molecule has 0 amide bonds. The van der Waals surface area contributed by atoms with Gasteiger partial charge in [-0.3, -0.25) is 0 Å². The third-order valence-electron chi connectivity index (χ3n) is 3.40. The van der Waals surface area contributed by atoms with Crippen molar-refractivity contribution in [1.82, 2.24) is 0 Å². The first-order valence-corrected chi connectivity index (χ1v) is 7.61. The second-order valence-corrected chi connectivity index (χ2v) is 6.30. The lowest BCUT2D eigenvalue weighted by Crippen LogP contribution is -2.44. The van der Waals surface area contributed by atoms with E-state index in [1.54, 1.807) is 7.11 Å². The summed E-state index contributed by atoms with van der Waals surface area (Å²) in [6.45, 7) is 0.662. The molecule has 0 atom stereocenters. The molecule has 1 aromatic carbocycles. The summed E-state index contributed by atoms with van der Waals surface area (Å²) in [5.41, 5.74) is 5.61. The maximum absolute atomic E-state index is 6.18. The van der Waals surface area contributed by atoms with Crippen molar-refractivity contribution in [2.45, 2.75) is 31.3 Å². The third-order valence-corrected chi connectivity index (χ3v) is 4.64. The molecule has 5 heteroatoms. The first kappa shape index (κ1) is 14.2. The first-order chi connectivity index (χ1) is 8.60. The third kappa shape index (κ3) is 2.83. The fourth-order valence-corrected chi connectivity index (χ4v) is 3.10. The van der Waals surface area contributed by atoms with E-state index in [1.165, 1.54) is 6.42 Å². The van der Waals surface area contributed by atoms with Crippen molar-refractivity contribution in [1.29, 1.82) is 0 Å². The summed E-state index contributed by atoms with van der Waals surface area (Å²) in [5.74, 6) is 1.63. The summed E-state index contributed by atoms with van der Waals surface area (Å²) >= 11 is 7.00. The SMILES string of the molecule is COc1cc(Br)c(OC2(CCN)CCC2)cc1Br. The second kappa shape index (κ2) is 5.80. The van der Waals surface area contributed by atoms with Crippen LogP contribution in [0.15, 0.2) is 21.1 Å². The molecular formula is C13H17Br2NO2. The molecule has 0 aliphatic heterocycles. The maximum atomic E-state index is 6.18. The van der Waals surface area contributed by atoms with Gasteiger partial charge in [0.25, 0.3) is 0 Å². The molecule has 1 saturated carbocycles. The van der Waals surface area contributed by atoms with Gasteiger partial charge in [0.2, 0.25) is 0 Å². The van der Waals surface area contributed by atoms with E-state index < -0.39 is 0 Å². The van der Waals surface area contributed by atoms with Crippen LogP contribution in [0.2, 0.25) is 0 Å². The van der Waals surface area contributed by atoms with Gasteiger partial charge in [0.15, 0.2) is 0 Å². The van der Waals surface area contributed by atoms with Gasteiger partial charge in [-0.05, 0) is 76.2 Å². The van der Waals surface area contributed by atoms with Crippen LogP contribution < -0.4 is 15.2 Å². The zero-order valence-corrected chi connectivity index (χ0v) is 13.5. The quantitative estimate of drug-likeness (QED) is 0.845. The number of rotatable bonds is 5. The van der Waals surface area contributed by atoms with Crippen molar-refractivity contribution >= 4 is 31.9 Å². The van der Waals surface area contributed by atoms with Crippen LogP contribution in [0.4, 0.5) is 0 Å². The molecule has 0 radical (unpaired) electrons. The molecule has 1 aromatic rings. The predicted octanol–water partition coefficient (Wildman–Crippen LogP) is 3.87. The van der Waals surface area contributed by atoms with Crippen LogP contribution in [0.3, 0.4) is 0 Å². The molecule has 0 aromatic heterocycles. The van der Waals surface area contributed by atoms with Crippen LogP contribution in [0.5, 0.6) is 11.5 Å². The number of benzene rings is 1. The average Bonchev–Trinajstić information content (AvgIpc) is 2.30. The standard InChI is InChI=1S/C13H17Br2NO2/c1-17-11-7-10(15)12(8-9(11)14)18-13(5-6-16)3-2-4-13/h7-8H,2-6,16H2,1H3. The highest BCUT2D eigenvalue weighted by Gasteiger charge is 2.39. The molecule has 18 heavy (non-hydrogen) atoms. The van der Waals surface area contributed by atoms with Crippen LogP contribution in [0.25, 0.3) is 0 Å². The second-order valence-electron chi connectivity index (χ2n) is 4.59. The first-order valence-electron chi connectivity index (χ1n) is 6.02. The minimum Gasteiger partial charge on any atom is -0.496 e. The van der Waals surface area contributed by atoms with E-state index in [4.69, 9.17) is 15.2 Å². The van der Waals surface area contributed by atoms with Crippen LogP contribution in [0.1, 0.15) is 25.7 Å². The Morgan fingerprint density at radius 1 is 1.22 bits per heavy atom. The fraction of sp³-hybridized carbons (Fsp3) is 0.538. The summed E-state index contributed by atoms with van der Waals surface area (Å²) < 4.78 is 13.2. The van der Waals surface area contributed by atoms with Crippen LogP contribution in [0, 0.1) is 0 Å². The van der Waals surface area contributed by atoms with Gasteiger partial charge >= 0.3 is 0 Å². The number of nitrogens with two attached hydrogens (primary N) is 1. The van der Waals surface area contributed by atoms with Crippen molar-refractivity contribution in [2.75, 3.05) is 13.7 Å². The molecule has 100 valence electrons. The summed E-state index contributed by atoms with van der Waals surface area (Å²) in [7, 11) is 1.65. The summed E-state index contributed by atoms with van der Waals surface area (Å²) in [6, 6.07) is 3.85. The maximum Gasteiger partial charge on any atom is 0.135 e.